The molecule has 3 N–H and O–H groups in total. The number of halogens is 1. The van der Waals surface area contributed by atoms with Gasteiger partial charge in [-0.05, 0) is 18.4 Å². The molecule has 0 aliphatic carbocycles. The quantitative estimate of drug-likeness (QED) is 0.847. The molecule has 0 heterocycles. The number of ether oxygens (including phenoxy) is 2. The first-order valence-electron chi connectivity index (χ1n) is 6.37. The molecule has 0 unspecified atom stereocenters. The van der Waals surface area contributed by atoms with Crippen LogP contribution in [0.15, 0.2) is 12.1 Å². The van der Waals surface area contributed by atoms with Crippen molar-refractivity contribution in [2.24, 2.45) is 11.7 Å². The molecule has 1 aromatic rings. The number of hydrogen-bond donors (Lipinski definition) is 2. The van der Waals surface area contributed by atoms with Crippen LogP contribution in [0, 0.1) is 5.92 Å². The van der Waals surface area contributed by atoms with Gasteiger partial charge in [-0.25, -0.2) is 0 Å². The predicted molar refractivity (Wildman–Crippen MR) is 80.6 cm³/mol. The third-order valence-electron chi connectivity index (χ3n) is 2.79. The molecule has 112 valence electrons. The van der Waals surface area contributed by atoms with Gasteiger partial charge in [0, 0.05) is 6.07 Å². The van der Waals surface area contributed by atoms with Gasteiger partial charge in [0.1, 0.15) is 11.5 Å². The van der Waals surface area contributed by atoms with Crippen molar-refractivity contribution in [3.8, 4) is 11.5 Å². The molecular weight excluding hydrogens is 280 g/mol. The Kier molecular flexibility index (Phi) is 6.10. The molecule has 1 aromatic carbocycles. The number of anilines is 1. The fourth-order valence-electron chi connectivity index (χ4n) is 1.80. The first-order valence-corrected chi connectivity index (χ1v) is 6.74. The molecule has 0 radical (unpaired) electrons. The van der Waals surface area contributed by atoms with Gasteiger partial charge >= 0.3 is 0 Å². The molecule has 0 aromatic heterocycles. The first-order chi connectivity index (χ1) is 9.38. The number of methoxy groups -OCH3 is 2. The van der Waals surface area contributed by atoms with E-state index in [9.17, 15) is 4.79 Å². The second-order valence-corrected chi connectivity index (χ2v) is 5.32. The lowest BCUT2D eigenvalue weighted by Gasteiger charge is -2.17. The van der Waals surface area contributed by atoms with Gasteiger partial charge in [-0.1, -0.05) is 25.4 Å². The van der Waals surface area contributed by atoms with Gasteiger partial charge in [-0.3, -0.25) is 4.79 Å². The van der Waals surface area contributed by atoms with Crippen LogP contribution in [0.4, 0.5) is 5.69 Å². The highest BCUT2D eigenvalue weighted by Gasteiger charge is 2.18. The standard InChI is InChI=1S/C14H21ClN2O3/c1-8(2)5-10(16)14(18)17-11-6-9(15)12(19-3)7-13(11)20-4/h6-8,10H,5,16H2,1-4H3,(H,17,18)/t10-/m0/s1. The summed E-state index contributed by atoms with van der Waals surface area (Å²) in [4.78, 5) is 12.0. The van der Waals surface area contributed by atoms with Crippen molar-refractivity contribution in [1.82, 2.24) is 0 Å². The molecule has 1 rings (SSSR count). The van der Waals surface area contributed by atoms with Gasteiger partial charge in [-0.15, -0.1) is 0 Å². The summed E-state index contributed by atoms with van der Waals surface area (Å²) in [7, 11) is 3.02. The van der Waals surface area contributed by atoms with Gasteiger partial charge in [0.15, 0.2) is 0 Å². The van der Waals surface area contributed by atoms with Gasteiger partial charge < -0.3 is 20.5 Å². The SMILES string of the molecule is COc1cc(OC)c(NC(=O)[C@@H](N)CC(C)C)cc1Cl. The Morgan fingerprint density at radius 2 is 1.90 bits per heavy atom. The largest absolute Gasteiger partial charge is 0.495 e. The molecule has 0 saturated carbocycles. The lowest BCUT2D eigenvalue weighted by molar-refractivity contribution is -0.117. The monoisotopic (exact) mass is 300 g/mol. The number of nitrogens with one attached hydrogen (secondary N) is 1. The number of carbonyl (C=O) groups excluding carboxylic acids is 1. The first kappa shape index (κ1) is 16.6. The summed E-state index contributed by atoms with van der Waals surface area (Å²) in [6.45, 7) is 4.02. The van der Waals surface area contributed by atoms with E-state index in [1.54, 1.807) is 12.1 Å². The smallest absolute Gasteiger partial charge is 0.241 e. The fraction of sp³-hybridized carbons (Fsp3) is 0.500. The van der Waals surface area contributed by atoms with Crippen molar-refractivity contribution in [2.45, 2.75) is 26.3 Å². The van der Waals surface area contributed by atoms with Crippen LogP contribution in [-0.4, -0.2) is 26.2 Å². The second-order valence-electron chi connectivity index (χ2n) is 4.91. The molecule has 6 heteroatoms. The lowest BCUT2D eigenvalue weighted by Crippen LogP contribution is -2.36. The maximum atomic E-state index is 12.0. The van der Waals surface area contributed by atoms with E-state index < -0.39 is 6.04 Å². The van der Waals surface area contributed by atoms with Crippen LogP contribution in [0.3, 0.4) is 0 Å². The molecule has 0 saturated heterocycles. The molecule has 5 nitrogen and oxygen atoms in total. The number of nitrogens with two attached hydrogens (primary N) is 1. The predicted octanol–water partition coefficient (Wildman–Crippen LogP) is 2.67. The van der Waals surface area contributed by atoms with Crippen molar-refractivity contribution in [1.29, 1.82) is 0 Å². The van der Waals surface area contributed by atoms with E-state index in [2.05, 4.69) is 5.32 Å². The van der Waals surface area contributed by atoms with Gasteiger partial charge in [0.2, 0.25) is 5.91 Å². The van der Waals surface area contributed by atoms with Crippen LogP contribution in [0.1, 0.15) is 20.3 Å². The third-order valence-corrected chi connectivity index (χ3v) is 3.09. The Labute approximate surface area is 124 Å². The topological polar surface area (TPSA) is 73.6 Å². The molecular formula is C14H21ClN2O3. The molecule has 0 aliphatic heterocycles. The molecule has 0 fully saturated rings. The summed E-state index contributed by atoms with van der Waals surface area (Å²) < 4.78 is 10.3. The van der Waals surface area contributed by atoms with E-state index in [-0.39, 0.29) is 5.91 Å². The highest BCUT2D eigenvalue weighted by Crippen LogP contribution is 2.35. The van der Waals surface area contributed by atoms with Crippen LogP contribution in [0.2, 0.25) is 5.02 Å². The summed E-state index contributed by atoms with van der Waals surface area (Å²) >= 11 is 6.04. The summed E-state index contributed by atoms with van der Waals surface area (Å²) in [5, 5.41) is 3.12. The van der Waals surface area contributed by atoms with E-state index in [0.29, 0.717) is 34.5 Å². The van der Waals surface area contributed by atoms with E-state index in [4.69, 9.17) is 26.8 Å². The zero-order valence-electron chi connectivity index (χ0n) is 12.2. The Morgan fingerprint density at radius 1 is 1.30 bits per heavy atom. The van der Waals surface area contributed by atoms with Gasteiger partial charge in [0.05, 0.1) is 31.0 Å². The fourth-order valence-corrected chi connectivity index (χ4v) is 2.04. The summed E-state index contributed by atoms with van der Waals surface area (Å²) in [6, 6.07) is 2.63. The molecule has 1 atom stereocenters. The molecule has 0 spiro atoms. The summed E-state index contributed by atoms with van der Waals surface area (Å²) in [5.41, 5.74) is 6.32. The highest BCUT2D eigenvalue weighted by molar-refractivity contribution is 6.32. The minimum Gasteiger partial charge on any atom is -0.495 e. The van der Waals surface area contributed by atoms with Crippen LogP contribution >= 0.6 is 11.6 Å². The van der Waals surface area contributed by atoms with E-state index in [1.165, 1.54) is 14.2 Å². The highest BCUT2D eigenvalue weighted by atomic mass is 35.5. The van der Waals surface area contributed by atoms with Crippen molar-refractivity contribution in [3.63, 3.8) is 0 Å². The van der Waals surface area contributed by atoms with E-state index in [0.717, 1.165) is 0 Å². The number of rotatable bonds is 6. The van der Waals surface area contributed by atoms with Crippen LogP contribution < -0.4 is 20.5 Å². The van der Waals surface area contributed by atoms with Crippen molar-refractivity contribution in [2.75, 3.05) is 19.5 Å². The summed E-state index contributed by atoms with van der Waals surface area (Å²) in [5.74, 6) is 1.03. The lowest BCUT2D eigenvalue weighted by atomic mass is 10.0. The summed E-state index contributed by atoms with van der Waals surface area (Å²) in [6.07, 6.45) is 0.609. The van der Waals surface area contributed by atoms with Gasteiger partial charge in [-0.2, -0.15) is 0 Å². The molecule has 0 bridgehead atoms. The van der Waals surface area contributed by atoms with Crippen LogP contribution in [0.5, 0.6) is 11.5 Å². The zero-order chi connectivity index (χ0) is 15.3. The van der Waals surface area contributed by atoms with Crippen LogP contribution in [-0.2, 0) is 4.79 Å². The number of amides is 1. The van der Waals surface area contributed by atoms with Crippen molar-refractivity contribution >= 4 is 23.2 Å². The maximum absolute atomic E-state index is 12.0. The van der Waals surface area contributed by atoms with E-state index in [1.807, 2.05) is 13.8 Å². The number of carbonyl (C=O) groups is 1. The Balaban J connectivity index is 2.91. The number of benzene rings is 1. The van der Waals surface area contributed by atoms with Crippen molar-refractivity contribution in [3.05, 3.63) is 17.2 Å². The average molecular weight is 301 g/mol. The van der Waals surface area contributed by atoms with Crippen molar-refractivity contribution < 1.29 is 14.3 Å². The molecule has 1 amide bonds. The normalized spacial score (nSPS) is 12.2. The Hall–Kier alpha value is -1.46. The molecule has 0 aliphatic rings. The second kappa shape index (κ2) is 7.36. The average Bonchev–Trinajstić information content (AvgIpc) is 2.38. The van der Waals surface area contributed by atoms with Gasteiger partial charge in [0.25, 0.3) is 0 Å². The maximum Gasteiger partial charge on any atom is 0.241 e. The van der Waals surface area contributed by atoms with Crippen LogP contribution in [0.25, 0.3) is 0 Å². The number of hydrogen-bond acceptors (Lipinski definition) is 4. The molecule has 20 heavy (non-hydrogen) atoms. The minimum absolute atomic E-state index is 0.266. The third kappa shape index (κ3) is 4.28. The van der Waals surface area contributed by atoms with E-state index >= 15 is 0 Å². The Bertz CT molecular complexity index is 478. The minimum atomic E-state index is -0.569. The Morgan fingerprint density at radius 3 is 2.40 bits per heavy atom. The zero-order valence-corrected chi connectivity index (χ0v) is 13.0.